The summed E-state index contributed by atoms with van der Waals surface area (Å²) >= 11 is 0. The molecule has 0 saturated heterocycles. The number of hydrogen-bond donors (Lipinski definition) is 1. The van der Waals surface area contributed by atoms with E-state index in [2.05, 4.69) is 15.4 Å². The molecule has 1 aromatic carbocycles. The maximum Gasteiger partial charge on any atom is 0.251 e. The number of nitrogens with one attached hydrogen (secondary N) is 1. The van der Waals surface area contributed by atoms with Crippen LogP contribution in [-0.2, 0) is 16.4 Å². The lowest BCUT2D eigenvalue weighted by Gasteiger charge is -2.10. The molecule has 0 aliphatic carbocycles. The average molecular weight is 356 g/mol. The predicted octanol–water partition coefficient (Wildman–Crippen LogP) is 1.60. The predicted molar refractivity (Wildman–Crippen MR) is 92.1 cm³/mol. The largest absolute Gasteiger partial charge is 0.348 e. The first-order valence-electron chi connectivity index (χ1n) is 7.47. The van der Waals surface area contributed by atoms with Crippen LogP contribution in [0.2, 0.25) is 0 Å². The van der Waals surface area contributed by atoms with Gasteiger partial charge in [-0.15, -0.1) is 0 Å². The monoisotopic (exact) mass is 356 g/mol. The molecule has 0 aliphatic rings. The first-order valence-corrected chi connectivity index (χ1v) is 9.36. The molecule has 1 N–H and O–H groups in total. The van der Waals surface area contributed by atoms with Gasteiger partial charge in [-0.2, -0.15) is 5.10 Å². The molecule has 25 heavy (non-hydrogen) atoms. The number of amides is 1. The fourth-order valence-corrected chi connectivity index (χ4v) is 2.93. The highest BCUT2D eigenvalue weighted by Gasteiger charge is 2.11. The molecule has 0 fully saturated rings. The van der Waals surface area contributed by atoms with Crippen molar-refractivity contribution in [2.75, 3.05) is 6.26 Å². The summed E-state index contributed by atoms with van der Waals surface area (Å²) in [6, 6.07) is 11.3. The SMILES string of the molecule is CS(=O)(=O)c1ccc(C(=O)NCc2cccnc2-n2cccn2)cc1. The van der Waals surface area contributed by atoms with Crippen molar-refractivity contribution in [2.45, 2.75) is 11.4 Å². The molecule has 3 rings (SSSR count). The fourth-order valence-electron chi connectivity index (χ4n) is 2.30. The maximum absolute atomic E-state index is 12.3. The Morgan fingerprint density at radius 3 is 2.52 bits per heavy atom. The minimum atomic E-state index is -3.28. The van der Waals surface area contributed by atoms with Gasteiger partial charge in [0.15, 0.2) is 15.7 Å². The highest BCUT2D eigenvalue weighted by Crippen LogP contribution is 2.12. The summed E-state index contributed by atoms with van der Waals surface area (Å²) in [5.74, 6) is 0.343. The zero-order chi connectivity index (χ0) is 17.9. The minimum absolute atomic E-state index is 0.178. The Kier molecular flexibility index (Phi) is 4.62. The van der Waals surface area contributed by atoms with Gasteiger partial charge >= 0.3 is 0 Å². The summed E-state index contributed by atoms with van der Waals surface area (Å²) in [6.07, 6.45) is 6.21. The molecule has 128 valence electrons. The Morgan fingerprint density at radius 1 is 1.12 bits per heavy atom. The van der Waals surface area contributed by atoms with Gasteiger partial charge in [0, 0.05) is 42.5 Å². The van der Waals surface area contributed by atoms with E-state index < -0.39 is 9.84 Å². The number of nitrogens with zero attached hydrogens (tertiary/aromatic N) is 3. The number of sulfone groups is 1. The van der Waals surface area contributed by atoms with Crippen LogP contribution in [0.3, 0.4) is 0 Å². The van der Waals surface area contributed by atoms with E-state index in [-0.39, 0.29) is 17.3 Å². The highest BCUT2D eigenvalue weighted by molar-refractivity contribution is 7.90. The van der Waals surface area contributed by atoms with E-state index in [1.165, 1.54) is 24.3 Å². The molecule has 7 nitrogen and oxygen atoms in total. The van der Waals surface area contributed by atoms with Gasteiger partial charge in [0.1, 0.15) is 0 Å². The van der Waals surface area contributed by atoms with Crippen molar-refractivity contribution in [1.82, 2.24) is 20.1 Å². The van der Waals surface area contributed by atoms with Gasteiger partial charge in [-0.05, 0) is 36.4 Å². The van der Waals surface area contributed by atoms with Crippen LogP contribution in [0, 0.1) is 0 Å². The summed E-state index contributed by atoms with van der Waals surface area (Å²) in [5.41, 5.74) is 1.20. The molecule has 0 radical (unpaired) electrons. The van der Waals surface area contributed by atoms with E-state index in [0.29, 0.717) is 11.4 Å². The number of carbonyl (C=O) groups excluding carboxylic acids is 1. The molecule has 2 heterocycles. The van der Waals surface area contributed by atoms with Crippen LogP contribution in [0.4, 0.5) is 0 Å². The van der Waals surface area contributed by atoms with E-state index in [0.717, 1.165) is 11.8 Å². The van der Waals surface area contributed by atoms with Crippen LogP contribution in [0.1, 0.15) is 15.9 Å². The van der Waals surface area contributed by atoms with E-state index in [9.17, 15) is 13.2 Å². The van der Waals surface area contributed by atoms with Crippen LogP contribution in [-0.4, -0.2) is 35.3 Å². The molecular weight excluding hydrogens is 340 g/mol. The third-order valence-corrected chi connectivity index (χ3v) is 4.70. The molecule has 0 unspecified atom stereocenters. The number of rotatable bonds is 5. The second-order valence-electron chi connectivity index (χ2n) is 5.42. The van der Waals surface area contributed by atoms with Gasteiger partial charge in [0.05, 0.1) is 4.90 Å². The van der Waals surface area contributed by atoms with Gasteiger partial charge in [0.25, 0.3) is 5.91 Å². The van der Waals surface area contributed by atoms with Crippen LogP contribution in [0.5, 0.6) is 0 Å². The Labute approximate surface area is 145 Å². The molecule has 0 saturated carbocycles. The van der Waals surface area contributed by atoms with Crippen molar-refractivity contribution in [2.24, 2.45) is 0 Å². The van der Waals surface area contributed by atoms with Crippen molar-refractivity contribution in [3.8, 4) is 5.82 Å². The summed E-state index contributed by atoms with van der Waals surface area (Å²) < 4.78 is 24.5. The van der Waals surface area contributed by atoms with E-state index in [1.807, 2.05) is 6.07 Å². The van der Waals surface area contributed by atoms with Crippen LogP contribution in [0.25, 0.3) is 5.82 Å². The molecule has 0 atom stereocenters. The number of benzene rings is 1. The summed E-state index contributed by atoms with van der Waals surface area (Å²) in [6.45, 7) is 0.274. The van der Waals surface area contributed by atoms with Crippen LogP contribution >= 0.6 is 0 Å². The molecule has 0 bridgehead atoms. The summed E-state index contributed by atoms with van der Waals surface area (Å²) in [7, 11) is -3.28. The molecule has 0 spiro atoms. The quantitative estimate of drug-likeness (QED) is 0.749. The number of carbonyl (C=O) groups is 1. The van der Waals surface area contributed by atoms with Gasteiger partial charge in [0.2, 0.25) is 0 Å². The second kappa shape index (κ2) is 6.86. The van der Waals surface area contributed by atoms with Crippen molar-refractivity contribution < 1.29 is 13.2 Å². The zero-order valence-corrected chi connectivity index (χ0v) is 14.3. The molecule has 0 aliphatic heterocycles. The lowest BCUT2D eigenvalue weighted by Crippen LogP contribution is -2.23. The van der Waals surface area contributed by atoms with Crippen LogP contribution in [0.15, 0.2) is 66.0 Å². The van der Waals surface area contributed by atoms with Crippen molar-refractivity contribution in [1.29, 1.82) is 0 Å². The molecule has 1 amide bonds. The van der Waals surface area contributed by atoms with E-state index in [4.69, 9.17) is 0 Å². The third-order valence-electron chi connectivity index (χ3n) is 3.57. The van der Waals surface area contributed by atoms with Crippen LogP contribution < -0.4 is 5.32 Å². The first-order chi connectivity index (χ1) is 11.9. The van der Waals surface area contributed by atoms with Crippen molar-refractivity contribution >= 4 is 15.7 Å². The molecular formula is C17H16N4O3S. The number of aromatic nitrogens is 3. The minimum Gasteiger partial charge on any atom is -0.348 e. The zero-order valence-electron chi connectivity index (χ0n) is 13.5. The Hall–Kier alpha value is -3.00. The maximum atomic E-state index is 12.3. The number of pyridine rings is 1. The first kappa shape index (κ1) is 16.8. The third kappa shape index (κ3) is 3.92. The van der Waals surface area contributed by atoms with E-state index in [1.54, 1.807) is 35.4 Å². The topological polar surface area (TPSA) is 94.0 Å². The normalized spacial score (nSPS) is 11.2. The summed E-state index contributed by atoms with van der Waals surface area (Å²) in [5, 5.41) is 6.96. The lowest BCUT2D eigenvalue weighted by atomic mass is 10.2. The molecule has 3 aromatic rings. The van der Waals surface area contributed by atoms with Gasteiger partial charge in [-0.3, -0.25) is 4.79 Å². The van der Waals surface area contributed by atoms with Gasteiger partial charge in [-0.1, -0.05) is 6.07 Å². The Morgan fingerprint density at radius 2 is 1.88 bits per heavy atom. The average Bonchev–Trinajstić information content (AvgIpc) is 3.14. The van der Waals surface area contributed by atoms with E-state index >= 15 is 0 Å². The van der Waals surface area contributed by atoms with Crippen molar-refractivity contribution in [3.05, 3.63) is 72.2 Å². The lowest BCUT2D eigenvalue weighted by molar-refractivity contribution is 0.0951. The Balaban J connectivity index is 1.73. The fraction of sp³-hybridized carbons (Fsp3) is 0.118. The molecule has 2 aromatic heterocycles. The number of hydrogen-bond acceptors (Lipinski definition) is 5. The molecule has 8 heteroatoms. The van der Waals surface area contributed by atoms with Gasteiger partial charge < -0.3 is 5.32 Å². The van der Waals surface area contributed by atoms with Gasteiger partial charge in [-0.25, -0.2) is 18.1 Å². The van der Waals surface area contributed by atoms with Crippen molar-refractivity contribution in [3.63, 3.8) is 0 Å². The summed E-state index contributed by atoms with van der Waals surface area (Å²) in [4.78, 5) is 16.7. The standard InChI is InChI=1S/C17H16N4O3S/c1-25(23,24)15-7-5-13(6-8-15)17(22)19-12-14-4-2-9-18-16(14)21-11-3-10-20-21/h2-11H,12H2,1H3,(H,19,22). The second-order valence-corrected chi connectivity index (χ2v) is 7.43. The Bertz CT molecular complexity index is 981. The highest BCUT2D eigenvalue weighted by atomic mass is 32.2. The smallest absolute Gasteiger partial charge is 0.251 e.